The van der Waals surface area contributed by atoms with Crippen LogP contribution in [0.1, 0.15) is 0 Å². The molecule has 53 heavy (non-hydrogen) atoms. The Morgan fingerprint density at radius 1 is 0.340 bits per heavy atom. The van der Waals surface area contributed by atoms with Crippen LogP contribution in [0.3, 0.4) is 0 Å². The lowest BCUT2D eigenvalue weighted by Gasteiger charge is -2.15. The predicted octanol–water partition coefficient (Wildman–Crippen LogP) is 13.2. The number of benzene rings is 9. The number of nitrogens with zero attached hydrogens (tertiary/aromatic N) is 3. The molecule has 9 aromatic carbocycles. The average molecular weight is 674 g/mol. The molecule has 0 saturated heterocycles. The molecule has 0 aliphatic rings. The van der Waals surface area contributed by atoms with Gasteiger partial charge in [-0.05, 0) is 62.6 Å². The second-order valence-corrected chi connectivity index (χ2v) is 13.8. The molecule has 2 heterocycles. The molecule has 0 aliphatic heterocycles. The molecular formula is C50H31N3. The van der Waals surface area contributed by atoms with Crippen LogP contribution in [-0.2, 0) is 0 Å². The first kappa shape index (κ1) is 29.6. The Balaban J connectivity index is 1.19. The van der Waals surface area contributed by atoms with Crippen LogP contribution in [0, 0.1) is 0 Å². The van der Waals surface area contributed by atoms with Crippen molar-refractivity contribution in [2.45, 2.75) is 0 Å². The largest absolute Gasteiger partial charge is 0.309 e. The van der Waals surface area contributed by atoms with Crippen molar-refractivity contribution in [1.29, 1.82) is 0 Å². The van der Waals surface area contributed by atoms with Crippen LogP contribution in [0.25, 0.3) is 104 Å². The van der Waals surface area contributed by atoms with E-state index in [-0.39, 0.29) is 0 Å². The number of rotatable bonds is 4. The SMILES string of the molecule is c1ccc(-c2cc(-c3cccc(-n4c5ccccc5c5c6c7ccccc7ccc6c6ccccc6c54)c3)nc(-c3ccc4ccccc4c3)n2)cc1. The Bertz CT molecular complexity index is 3230. The van der Waals surface area contributed by atoms with Gasteiger partial charge in [-0.1, -0.05) is 158 Å². The number of hydrogen-bond donors (Lipinski definition) is 0. The first-order chi connectivity index (χ1) is 26.3. The van der Waals surface area contributed by atoms with Crippen LogP contribution in [0.4, 0.5) is 0 Å². The first-order valence-corrected chi connectivity index (χ1v) is 18.1. The highest BCUT2D eigenvalue weighted by Crippen LogP contribution is 2.45. The first-order valence-electron chi connectivity index (χ1n) is 18.1. The molecule has 11 aromatic rings. The van der Waals surface area contributed by atoms with Crippen molar-refractivity contribution in [3.05, 3.63) is 188 Å². The third-order valence-corrected chi connectivity index (χ3v) is 10.7. The molecule has 0 fully saturated rings. The van der Waals surface area contributed by atoms with Crippen molar-refractivity contribution in [2.24, 2.45) is 0 Å². The van der Waals surface area contributed by atoms with Crippen molar-refractivity contribution in [3.8, 4) is 39.6 Å². The summed E-state index contributed by atoms with van der Waals surface area (Å²) in [7, 11) is 0. The summed E-state index contributed by atoms with van der Waals surface area (Å²) in [5.41, 5.74) is 8.34. The molecule has 3 heteroatoms. The Labute approximate surface area is 306 Å². The Hall–Kier alpha value is -7.10. The van der Waals surface area contributed by atoms with E-state index in [0.29, 0.717) is 5.82 Å². The van der Waals surface area contributed by atoms with E-state index in [4.69, 9.17) is 9.97 Å². The summed E-state index contributed by atoms with van der Waals surface area (Å²) in [6.07, 6.45) is 0. The van der Waals surface area contributed by atoms with E-state index in [1.165, 1.54) is 64.9 Å². The summed E-state index contributed by atoms with van der Waals surface area (Å²) in [4.78, 5) is 10.4. The van der Waals surface area contributed by atoms with E-state index in [0.717, 1.165) is 33.8 Å². The average Bonchev–Trinajstić information content (AvgIpc) is 3.59. The Morgan fingerprint density at radius 2 is 0.981 bits per heavy atom. The van der Waals surface area contributed by atoms with Gasteiger partial charge in [0.2, 0.25) is 0 Å². The highest BCUT2D eigenvalue weighted by molar-refractivity contribution is 6.36. The fourth-order valence-corrected chi connectivity index (χ4v) is 8.32. The molecule has 0 aliphatic carbocycles. The van der Waals surface area contributed by atoms with Crippen molar-refractivity contribution >= 4 is 64.9 Å². The highest BCUT2D eigenvalue weighted by atomic mass is 15.0. The second kappa shape index (κ2) is 11.7. The highest BCUT2D eigenvalue weighted by Gasteiger charge is 2.21. The third-order valence-electron chi connectivity index (χ3n) is 10.7. The predicted molar refractivity (Wildman–Crippen MR) is 223 cm³/mol. The molecule has 246 valence electrons. The Kier molecular flexibility index (Phi) is 6.55. The molecule has 0 radical (unpaired) electrons. The normalized spacial score (nSPS) is 11.8. The van der Waals surface area contributed by atoms with Gasteiger partial charge >= 0.3 is 0 Å². The molecule has 0 bridgehead atoms. The van der Waals surface area contributed by atoms with Gasteiger partial charge in [0.15, 0.2) is 5.82 Å². The molecular weight excluding hydrogens is 643 g/mol. The lowest BCUT2D eigenvalue weighted by molar-refractivity contribution is 1.17. The van der Waals surface area contributed by atoms with Crippen molar-refractivity contribution in [3.63, 3.8) is 0 Å². The lowest BCUT2D eigenvalue weighted by Crippen LogP contribution is -1.98. The van der Waals surface area contributed by atoms with Gasteiger partial charge in [-0.3, -0.25) is 0 Å². The molecule has 0 atom stereocenters. The lowest BCUT2D eigenvalue weighted by atomic mass is 9.93. The van der Waals surface area contributed by atoms with Gasteiger partial charge < -0.3 is 4.57 Å². The zero-order valence-corrected chi connectivity index (χ0v) is 28.7. The van der Waals surface area contributed by atoms with Gasteiger partial charge in [0, 0.05) is 43.9 Å². The summed E-state index contributed by atoms with van der Waals surface area (Å²) in [5.74, 6) is 0.707. The summed E-state index contributed by atoms with van der Waals surface area (Å²) in [6, 6.07) is 67.3. The van der Waals surface area contributed by atoms with E-state index in [1.54, 1.807) is 0 Å². The molecule has 0 spiro atoms. The maximum Gasteiger partial charge on any atom is 0.160 e. The fraction of sp³-hybridized carbons (Fsp3) is 0. The number of para-hydroxylation sites is 1. The minimum absolute atomic E-state index is 0.707. The quantitative estimate of drug-likeness (QED) is 0.174. The molecule has 0 unspecified atom stereocenters. The van der Waals surface area contributed by atoms with Gasteiger partial charge in [0.1, 0.15) is 0 Å². The fourth-order valence-electron chi connectivity index (χ4n) is 8.32. The van der Waals surface area contributed by atoms with Gasteiger partial charge in [-0.15, -0.1) is 0 Å². The number of hydrogen-bond acceptors (Lipinski definition) is 2. The van der Waals surface area contributed by atoms with E-state index in [2.05, 4.69) is 187 Å². The number of aromatic nitrogens is 3. The maximum absolute atomic E-state index is 5.26. The van der Waals surface area contributed by atoms with Crippen LogP contribution in [0.15, 0.2) is 188 Å². The zero-order valence-electron chi connectivity index (χ0n) is 28.7. The minimum atomic E-state index is 0.707. The number of fused-ring (bicyclic) bond motifs is 11. The molecule has 0 saturated carbocycles. The van der Waals surface area contributed by atoms with Crippen LogP contribution in [0.5, 0.6) is 0 Å². The van der Waals surface area contributed by atoms with Crippen molar-refractivity contribution < 1.29 is 0 Å². The topological polar surface area (TPSA) is 30.7 Å². The molecule has 2 aromatic heterocycles. The van der Waals surface area contributed by atoms with Crippen LogP contribution in [-0.4, -0.2) is 14.5 Å². The van der Waals surface area contributed by atoms with Crippen LogP contribution < -0.4 is 0 Å². The smallest absolute Gasteiger partial charge is 0.160 e. The van der Waals surface area contributed by atoms with Gasteiger partial charge in [0.25, 0.3) is 0 Å². The monoisotopic (exact) mass is 673 g/mol. The van der Waals surface area contributed by atoms with Crippen LogP contribution >= 0.6 is 0 Å². The van der Waals surface area contributed by atoms with Gasteiger partial charge in [-0.25, -0.2) is 9.97 Å². The third kappa shape index (κ3) is 4.68. The van der Waals surface area contributed by atoms with E-state index >= 15 is 0 Å². The van der Waals surface area contributed by atoms with E-state index in [9.17, 15) is 0 Å². The Morgan fingerprint density at radius 3 is 1.83 bits per heavy atom. The summed E-state index contributed by atoms with van der Waals surface area (Å²) in [6.45, 7) is 0. The molecule has 0 N–H and O–H groups in total. The minimum Gasteiger partial charge on any atom is -0.309 e. The standard InChI is InChI=1S/C50H31N3/c1-2-15-34(16-3-1)44-31-45(52-50(51-44)37-26-25-32-13-4-5-17-35(32)29-37)36-18-12-19-38(30-36)53-46-24-11-10-23-43(46)48-47-39-20-7-6-14-33(39)27-28-41(47)40-21-8-9-22-42(40)49(48)53/h1-31H. The summed E-state index contributed by atoms with van der Waals surface area (Å²) < 4.78 is 2.46. The van der Waals surface area contributed by atoms with E-state index < -0.39 is 0 Å². The molecule has 0 amide bonds. The van der Waals surface area contributed by atoms with E-state index in [1.807, 2.05) is 6.07 Å². The summed E-state index contributed by atoms with van der Waals surface area (Å²) in [5, 5.41) is 12.5. The van der Waals surface area contributed by atoms with Crippen LogP contribution in [0.2, 0.25) is 0 Å². The van der Waals surface area contributed by atoms with Gasteiger partial charge in [0.05, 0.1) is 22.4 Å². The molecule has 3 nitrogen and oxygen atoms in total. The second-order valence-electron chi connectivity index (χ2n) is 13.8. The zero-order chi connectivity index (χ0) is 34.9. The maximum atomic E-state index is 5.26. The summed E-state index contributed by atoms with van der Waals surface area (Å²) >= 11 is 0. The van der Waals surface area contributed by atoms with Crippen molar-refractivity contribution in [2.75, 3.05) is 0 Å². The van der Waals surface area contributed by atoms with Gasteiger partial charge in [-0.2, -0.15) is 0 Å². The van der Waals surface area contributed by atoms with Crippen molar-refractivity contribution in [1.82, 2.24) is 14.5 Å². The molecule has 11 rings (SSSR count).